The number of ether oxygens (including phenoxy) is 1. The van der Waals surface area contributed by atoms with Crippen LogP contribution >= 0.6 is 0 Å². The molecule has 2 N–H and O–H groups in total. The van der Waals surface area contributed by atoms with E-state index in [9.17, 15) is 0 Å². The molecule has 0 amide bonds. The van der Waals surface area contributed by atoms with Crippen LogP contribution in [0.15, 0.2) is 48.5 Å². The minimum atomic E-state index is 0.446. The summed E-state index contributed by atoms with van der Waals surface area (Å²) in [5.74, 6) is 1.27. The Kier molecular flexibility index (Phi) is 3.69. The smallest absolute Gasteiger partial charge is 0.154 e. The second-order valence-corrected chi connectivity index (χ2v) is 4.82. The molecule has 0 unspecified atom stereocenters. The lowest BCUT2D eigenvalue weighted by Crippen LogP contribution is -2.00. The van der Waals surface area contributed by atoms with Crippen LogP contribution in [0.25, 0.3) is 22.0 Å². The minimum absolute atomic E-state index is 0.446. The van der Waals surface area contributed by atoms with Gasteiger partial charge in [-0.1, -0.05) is 43.3 Å². The molecule has 0 aliphatic heterocycles. The number of fused-ring (bicyclic) bond motifs is 1. The molecule has 0 saturated heterocycles. The maximum atomic E-state index is 5.92. The van der Waals surface area contributed by atoms with Crippen molar-refractivity contribution in [3.8, 4) is 17.0 Å². The number of hydrogen-bond acceptors (Lipinski definition) is 4. The molecule has 0 aliphatic rings. The number of nitrogen functional groups attached to an aromatic ring is 1. The third-order valence-corrected chi connectivity index (χ3v) is 3.32. The Bertz CT molecular complexity index is 771. The van der Waals surface area contributed by atoms with Gasteiger partial charge in [-0.15, -0.1) is 10.2 Å². The van der Waals surface area contributed by atoms with Crippen LogP contribution in [-0.2, 0) is 0 Å². The molecule has 0 radical (unpaired) electrons. The summed E-state index contributed by atoms with van der Waals surface area (Å²) in [6, 6.07) is 15.8. The summed E-state index contributed by atoms with van der Waals surface area (Å²) in [4.78, 5) is 0. The summed E-state index contributed by atoms with van der Waals surface area (Å²) in [6.45, 7) is 2.76. The van der Waals surface area contributed by atoms with Crippen molar-refractivity contribution >= 4 is 16.6 Å². The molecule has 1 aromatic heterocycles. The van der Waals surface area contributed by atoms with E-state index in [1.165, 1.54) is 0 Å². The average Bonchev–Trinajstić information content (AvgIpc) is 2.54. The number of hydrogen-bond donors (Lipinski definition) is 1. The van der Waals surface area contributed by atoms with Gasteiger partial charge in [0, 0.05) is 16.3 Å². The molecule has 3 aromatic rings. The van der Waals surface area contributed by atoms with Crippen molar-refractivity contribution in [1.29, 1.82) is 0 Å². The molecular weight excluding hydrogens is 262 g/mol. The summed E-state index contributed by atoms with van der Waals surface area (Å²) in [7, 11) is 0. The van der Waals surface area contributed by atoms with Gasteiger partial charge in [0.05, 0.1) is 6.61 Å². The highest BCUT2D eigenvalue weighted by Crippen LogP contribution is 2.34. The molecule has 106 valence electrons. The Labute approximate surface area is 123 Å². The first-order chi connectivity index (χ1) is 10.3. The van der Waals surface area contributed by atoms with Gasteiger partial charge in [-0.2, -0.15) is 0 Å². The lowest BCUT2D eigenvalue weighted by Gasteiger charge is -2.12. The summed E-state index contributed by atoms with van der Waals surface area (Å²) >= 11 is 0. The Hall–Kier alpha value is -2.62. The zero-order chi connectivity index (χ0) is 14.7. The Balaban J connectivity index is 2.19. The first kappa shape index (κ1) is 13.4. The Morgan fingerprint density at radius 2 is 1.67 bits per heavy atom. The number of nitrogens with two attached hydrogens (primary N) is 1. The van der Waals surface area contributed by atoms with Gasteiger partial charge in [-0.25, -0.2) is 0 Å². The number of aromatic nitrogens is 2. The number of anilines is 1. The molecule has 0 atom stereocenters. The molecule has 0 spiro atoms. The van der Waals surface area contributed by atoms with Gasteiger partial charge in [-0.05, 0) is 18.6 Å². The van der Waals surface area contributed by atoms with Crippen LogP contribution in [0.3, 0.4) is 0 Å². The summed E-state index contributed by atoms with van der Waals surface area (Å²) in [5.41, 5.74) is 7.65. The zero-order valence-corrected chi connectivity index (χ0v) is 11.9. The SMILES string of the molecule is CCCOc1ccccc1-c1nnc(N)c2ccccc12. The molecule has 4 heteroatoms. The zero-order valence-electron chi connectivity index (χ0n) is 11.9. The standard InChI is InChI=1S/C17H17N3O/c1-2-11-21-15-10-6-5-9-14(15)16-12-7-3-4-8-13(12)17(18)20-19-16/h3-10H,2,11H2,1H3,(H2,18,20). The van der Waals surface area contributed by atoms with Crippen LogP contribution < -0.4 is 10.5 Å². The molecular formula is C17H17N3O. The highest BCUT2D eigenvalue weighted by atomic mass is 16.5. The van der Waals surface area contributed by atoms with Gasteiger partial charge in [0.2, 0.25) is 0 Å². The lowest BCUT2D eigenvalue weighted by molar-refractivity contribution is 0.318. The fraction of sp³-hybridized carbons (Fsp3) is 0.176. The molecule has 1 heterocycles. The van der Waals surface area contributed by atoms with Crippen LogP contribution in [0.4, 0.5) is 5.82 Å². The van der Waals surface area contributed by atoms with Crippen LogP contribution in [0.2, 0.25) is 0 Å². The first-order valence-corrected chi connectivity index (χ1v) is 7.04. The van der Waals surface area contributed by atoms with Gasteiger partial charge in [0.15, 0.2) is 5.82 Å². The number of benzene rings is 2. The van der Waals surface area contributed by atoms with Crippen LogP contribution in [0.5, 0.6) is 5.75 Å². The van der Waals surface area contributed by atoms with Crippen LogP contribution in [-0.4, -0.2) is 16.8 Å². The average molecular weight is 279 g/mol. The first-order valence-electron chi connectivity index (χ1n) is 7.04. The minimum Gasteiger partial charge on any atom is -0.493 e. The number of para-hydroxylation sites is 1. The van der Waals surface area contributed by atoms with Gasteiger partial charge < -0.3 is 10.5 Å². The van der Waals surface area contributed by atoms with E-state index in [1.807, 2.05) is 48.5 Å². The van der Waals surface area contributed by atoms with E-state index in [4.69, 9.17) is 10.5 Å². The molecule has 0 saturated carbocycles. The van der Waals surface area contributed by atoms with Gasteiger partial charge in [0.1, 0.15) is 11.4 Å². The Morgan fingerprint density at radius 1 is 0.952 bits per heavy atom. The topological polar surface area (TPSA) is 61.0 Å². The van der Waals surface area contributed by atoms with Crippen molar-refractivity contribution in [2.24, 2.45) is 0 Å². The Morgan fingerprint density at radius 3 is 2.48 bits per heavy atom. The second kappa shape index (κ2) is 5.79. The molecule has 2 aromatic carbocycles. The second-order valence-electron chi connectivity index (χ2n) is 4.82. The monoisotopic (exact) mass is 279 g/mol. The van der Waals surface area contributed by atoms with Crippen molar-refractivity contribution in [3.63, 3.8) is 0 Å². The predicted molar refractivity (Wildman–Crippen MR) is 85.2 cm³/mol. The highest BCUT2D eigenvalue weighted by molar-refractivity contribution is 6.00. The van der Waals surface area contributed by atoms with E-state index in [-0.39, 0.29) is 0 Å². The maximum Gasteiger partial charge on any atom is 0.154 e. The van der Waals surface area contributed by atoms with Gasteiger partial charge in [0.25, 0.3) is 0 Å². The van der Waals surface area contributed by atoms with Crippen molar-refractivity contribution in [3.05, 3.63) is 48.5 Å². The van der Waals surface area contributed by atoms with Crippen LogP contribution in [0.1, 0.15) is 13.3 Å². The lowest BCUT2D eigenvalue weighted by atomic mass is 10.0. The molecule has 0 aliphatic carbocycles. The van der Waals surface area contributed by atoms with Gasteiger partial charge in [-0.3, -0.25) is 0 Å². The molecule has 21 heavy (non-hydrogen) atoms. The highest BCUT2D eigenvalue weighted by Gasteiger charge is 2.13. The molecule has 0 bridgehead atoms. The summed E-state index contributed by atoms with van der Waals surface area (Å²) in [6.07, 6.45) is 0.961. The van der Waals surface area contributed by atoms with E-state index in [1.54, 1.807) is 0 Å². The fourth-order valence-electron chi connectivity index (χ4n) is 2.32. The predicted octanol–water partition coefficient (Wildman–Crippen LogP) is 3.67. The third-order valence-electron chi connectivity index (χ3n) is 3.32. The third kappa shape index (κ3) is 2.52. The molecule has 3 rings (SSSR count). The summed E-state index contributed by atoms with van der Waals surface area (Å²) < 4.78 is 5.82. The van der Waals surface area contributed by atoms with Crippen molar-refractivity contribution in [2.75, 3.05) is 12.3 Å². The number of rotatable bonds is 4. The van der Waals surface area contributed by atoms with Crippen molar-refractivity contribution < 1.29 is 4.74 Å². The quantitative estimate of drug-likeness (QED) is 0.791. The maximum absolute atomic E-state index is 5.92. The van der Waals surface area contributed by atoms with E-state index in [2.05, 4.69) is 17.1 Å². The van der Waals surface area contributed by atoms with E-state index < -0.39 is 0 Å². The fourth-order valence-corrected chi connectivity index (χ4v) is 2.32. The van der Waals surface area contributed by atoms with E-state index in [0.29, 0.717) is 12.4 Å². The van der Waals surface area contributed by atoms with Crippen LogP contribution in [0, 0.1) is 0 Å². The molecule has 4 nitrogen and oxygen atoms in total. The normalized spacial score (nSPS) is 10.7. The largest absolute Gasteiger partial charge is 0.493 e. The van der Waals surface area contributed by atoms with Crippen molar-refractivity contribution in [2.45, 2.75) is 13.3 Å². The van der Waals surface area contributed by atoms with Crippen molar-refractivity contribution in [1.82, 2.24) is 10.2 Å². The molecule has 0 fully saturated rings. The van der Waals surface area contributed by atoms with E-state index in [0.717, 1.165) is 34.2 Å². The van der Waals surface area contributed by atoms with E-state index >= 15 is 0 Å². The summed E-state index contributed by atoms with van der Waals surface area (Å²) in [5, 5.41) is 10.3. The van der Waals surface area contributed by atoms with Gasteiger partial charge >= 0.3 is 0 Å². The number of nitrogens with zero attached hydrogens (tertiary/aromatic N) is 2.